The van der Waals surface area contributed by atoms with Gasteiger partial charge in [-0.2, -0.15) is 0 Å². The normalized spacial score (nSPS) is 19.4. The van der Waals surface area contributed by atoms with Gasteiger partial charge in [0.1, 0.15) is 5.75 Å². The number of ether oxygens (including phenoxy) is 1. The average molecular weight is 375 g/mol. The molecule has 1 aliphatic heterocycles. The van der Waals surface area contributed by atoms with Gasteiger partial charge in [-0.05, 0) is 57.0 Å². The third kappa shape index (κ3) is 5.09. The minimum absolute atomic E-state index is 0.165. The molecule has 1 aliphatic rings. The molecule has 1 aromatic carbocycles. The number of sulfonamides is 1. The first-order valence-electron chi connectivity index (χ1n) is 8.55. The van der Waals surface area contributed by atoms with Crippen molar-refractivity contribution in [3.63, 3.8) is 0 Å². The Balaban J connectivity index is 1.85. The lowest BCUT2D eigenvalue weighted by atomic mass is 10.00. The van der Waals surface area contributed by atoms with E-state index in [9.17, 15) is 8.42 Å². The molecule has 1 heterocycles. The van der Waals surface area contributed by atoms with E-state index in [4.69, 9.17) is 16.3 Å². The maximum absolute atomic E-state index is 12.3. The Morgan fingerprint density at radius 2 is 2.17 bits per heavy atom. The molecule has 0 amide bonds. The summed E-state index contributed by atoms with van der Waals surface area (Å²) in [5.74, 6) is 0.464. The van der Waals surface area contributed by atoms with Crippen molar-refractivity contribution in [2.45, 2.75) is 50.0 Å². The predicted molar refractivity (Wildman–Crippen MR) is 97.3 cm³/mol. The maximum atomic E-state index is 12.3. The summed E-state index contributed by atoms with van der Waals surface area (Å²) >= 11 is 6.01. The van der Waals surface area contributed by atoms with Gasteiger partial charge < -0.3 is 9.64 Å². The van der Waals surface area contributed by atoms with E-state index in [0.29, 0.717) is 23.4 Å². The van der Waals surface area contributed by atoms with Crippen LogP contribution in [-0.2, 0) is 10.0 Å². The lowest BCUT2D eigenvalue weighted by Gasteiger charge is -2.35. The molecule has 0 aliphatic carbocycles. The van der Waals surface area contributed by atoms with Gasteiger partial charge in [-0.3, -0.25) is 0 Å². The van der Waals surface area contributed by atoms with E-state index < -0.39 is 10.0 Å². The topological polar surface area (TPSA) is 58.6 Å². The fourth-order valence-electron chi connectivity index (χ4n) is 3.20. The minimum Gasteiger partial charge on any atom is -0.495 e. The number of hydrogen-bond donors (Lipinski definition) is 1. The molecule has 1 saturated heterocycles. The molecule has 0 spiro atoms. The van der Waals surface area contributed by atoms with E-state index in [1.807, 2.05) is 0 Å². The number of nitrogens with one attached hydrogen (secondary N) is 1. The largest absolute Gasteiger partial charge is 0.495 e. The number of nitrogens with zero attached hydrogens (tertiary/aromatic N) is 1. The fourth-order valence-corrected chi connectivity index (χ4v) is 4.63. The Morgan fingerprint density at radius 1 is 1.38 bits per heavy atom. The Bertz CT molecular complexity index is 637. The van der Waals surface area contributed by atoms with Gasteiger partial charge in [0.2, 0.25) is 10.0 Å². The molecule has 136 valence electrons. The quantitative estimate of drug-likeness (QED) is 0.709. The molecular weight excluding hydrogens is 348 g/mol. The van der Waals surface area contributed by atoms with E-state index in [1.165, 1.54) is 38.5 Å². The smallest absolute Gasteiger partial charge is 0.240 e. The summed E-state index contributed by atoms with van der Waals surface area (Å²) in [5.41, 5.74) is 0. The third-order valence-corrected chi connectivity index (χ3v) is 6.32. The van der Waals surface area contributed by atoms with Gasteiger partial charge in [-0.15, -0.1) is 0 Å². The number of rotatable bonds is 8. The number of benzene rings is 1. The van der Waals surface area contributed by atoms with Crippen LogP contribution in [0.1, 0.15) is 39.0 Å². The molecule has 0 aromatic heterocycles. The zero-order chi connectivity index (χ0) is 17.6. The zero-order valence-electron chi connectivity index (χ0n) is 14.4. The zero-order valence-corrected chi connectivity index (χ0v) is 16.0. The maximum Gasteiger partial charge on any atom is 0.240 e. The Hall–Kier alpha value is -0.820. The second-order valence-electron chi connectivity index (χ2n) is 6.14. The van der Waals surface area contributed by atoms with Gasteiger partial charge in [0.25, 0.3) is 0 Å². The van der Waals surface area contributed by atoms with Crippen LogP contribution in [0, 0.1) is 0 Å². The molecule has 1 N–H and O–H groups in total. The minimum atomic E-state index is -3.54. The highest BCUT2D eigenvalue weighted by molar-refractivity contribution is 7.89. The Morgan fingerprint density at radius 3 is 2.83 bits per heavy atom. The number of piperidine rings is 1. The molecule has 1 atom stereocenters. The first-order valence-corrected chi connectivity index (χ1v) is 10.4. The molecule has 5 nitrogen and oxygen atoms in total. The highest BCUT2D eigenvalue weighted by atomic mass is 35.5. The van der Waals surface area contributed by atoms with Crippen LogP contribution in [-0.4, -0.2) is 46.1 Å². The van der Waals surface area contributed by atoms with Crippen molar-refractivity contribution in [1.82, 2.24) is 9.62 Å². The van der Waals surface area contributed by atoms with Gasteiger partial charge in [-0.1, -0.05) is 24.9 Å². The Labute approximate surface area is 150 Å². The van der Waals surface area contributed by atoms with Crippen molar-refractivity contribution in [2.24, 2.45) is 0 Å². The molecule has 7 heteroatoms. The third-order valence-electron chi connectivity index (χ3n) is 4.57. The van der Waals surface area contributed by atoms with Crippen LogP contribution in [0.2, 0.25) is 5.02 Å². The summed E-state index contributed by atoms with van der Waals surface area (Å²) in [6.07, 6.45) is 5.77. The van der Waals surface area contributed by atoms with Gasteiger partial charge in [0.05, 0.1) is 17.0 Å². The lowest BCUT2D eigenvalue weighted by molar-refractivity contribution is 0.143. The van der Waals surface area contributed by atoms with Gasteiger partial charge in [0.15, 0.2) is 0 Å². The summed E-state index contributed by atoms with van der Waals surface area (Å²) in [6, 6.07) is 5.14. The molecule has 0 saturated carbocycles. The van der Waals surface area contributed by atoms with Crippen LogP contribution in [0.3, 0.4) is 0 Å². The fraction of sp³-hybridized carbons (Fsp3) is 0.647. The molecule has 0 bridgehead atoms. The average Bonchev–Trinajstić information content (AvgIpc) is 2.59. The van der Waals surface area contributed by atoms with E-state index in [0.717, 1.165) is 25.9 Å². The number of hydrogen-bond acceptors (Lipinski definition) is 4. The molecule has 1 fully saturated rings. The number of methoxy groups -OCH3 is 1. The second kappa shape index (κ2) is 9.04. The Kier molecular flexibility index (Phi) is 7.34. The highest BCUT2D eigenvalue weighted by Gasteiger charge is 2.20. The first kappa shape index (κ1) is 19.5. The van der Waals surface area contributed by atoms with Gasteiger partial charge in [0, 0.05) is 12.6 Å². The van der Waals surface area contributed by atoms with E-state index in [-0.39, 0.29) is 4.90 Å². The summed E-state index contributed by atoms with van der Waals surface area (Å²) in [4.78, 5) is 2.65. The van der Waals surface area contributed by atoms with Crippen LogP contribution in [0.25, 0.3) is 0 Å². The van der Waals surface area contributed by atoms with Crippen molar-refractivity contribution in [3.05, 3.63) is 23.2 Å². The van der Waals surface area contributed by atoms with Crippen molar-refractivity contribution in [3.8, 4) is 5.75 Å². The summed E-state index contributed by atoms with van der Waals surface area (Å²) in [6.45, 7) is 4.71. The molecule has 0 unspecified atom stereocenters. The standard InChI is InChI=1S/C17H27ClN2O3S/c1-3-14-7-4-5-11-20(14)12-6-10-19-24(21,22)15-8-9-17(23-2)16(18)13-15/h8-9,13-14,19H,3-7,10-12H2,1-2H3/t14-/m0/s1. The molecule has 1 aromatic rings. The molecule has 24 heavy (non-hydrogen) atoms. The van der Waals surface area contributed by atoms with E-state index in [2.05, 4.69) is 16.5 Å². The van der Waals surface area contributed by atoms with Crippen LogP contribution >= 0.6 is 11.6 Å². The molecular formula is C17H27ClN2O3S. The number of halogens is 1. The van der Waals surface area contributed by atoms with Crippen molar-refractivity contribution in [1.29, 1.82) is 0 Å². The van der Waals surface area contributed by atoms with Crippen molar-refractivity contribution < 1.29 is 13.2 Å². The summed E-state index contributed by atoms with van der Waals surface area (Å²) in [7, 11) is -2.04. The van der Waals surface area contributed by atoms with E-state index >= 15 is 0 Å². The lowest BCUT2D eigenvalue weighted by Crippen LogP contribution is -2.40. The summed E-state index contributed by atoms with van der Waals surface area (Å²) < 4.78 is 32.4. The predicted octanol–water partition coefficient (Wildman–Crippen LogP) is 3.28. The van der Waals surface area contributed by atoms with E-state index in [1.54, 1.807) is 6.07 Å². The summed E-state index contributed by atoms with van der Waals surface area (Å²) in [5, 5.41) is 0.291. The SMILES string of the molecule is CC[C@H]1CCCCN1CCCNS(=O)(=O)c1ccc(OC)c(Cl)c1. The van der Waals surface area contributed by atoms with Crippen LogP contribution in [0.5, 0.6) is 5.75 Å². The van der Waals surface area contributed by atoms with Crippen LogP contribution in [0.4, 0.5) is 0 Å². The molecule has 0 radical (unpaired) electrons. The molecule has 2 rings (SSSR count). The monoisotopic (exact) mass is 374 g/mol. The van der Waals surface area contributed by atoms with Crippen molar-refractivity contribution in [2.75, 3.05) is 26.7 Å². The van der Waals surface area contributed by atoms with Crippen LogP contribution in [0.15, 0.2) is 23.1 Å². The van der Waals surface area contributed by atoms with Gasteiger partial charge >= 0.3 is 0 Å². The number of likely N-dealkylation sites (tertiary alicyclic amines) is 1. The first-order chi connectivity index (χ1) is 11.5. The van der Waals surface area contributed by atoms with Crippen molar-refractivity contribution >= 4 is 21.6 Å². The van der Waals surface area contributed by atoms with Crippen LogP contribution < -0.4 is 9.46 Å². The highest BCUT2D eigenvalue weighted by Crippen LogP contribution is 2.26. The van der Waals surface area contributed by atoms with Gasteiger partial charge in [-0.25, -0.2) is 13.1 Å². The second-order valence-corrected chi connectivity index (χ2v) is 8.32.